The van der Waals surface area contributed by atoms with Gasteiger partial charge in [-0.2, -0.15) is 5.10 Å². The fourth-order valence-electron chi connectivity index (χ4n) is 3.19. The van der Waals surface area contributed by atoms with E-state index in [1.165, 1.54) is 32.1 Å². The fraction of sp³-hybridized carbons (Fsp3) is 0.733. The standard InChI is InChI=1S/C15H22BrN3O/c1-10-4-2-7-13(10)18-14-12(16)8-17-19(15(14)20)9-11-5-3-6-11/h8,10-11,13,18H,2-7,9H2,1H3. The topological polar surface area (TPSA) is 46.9 Å². The van der Waals surface area contributed by atoms with E-state index in [-0.39, 0.29) is 5.56 Å². The first kappa shape index (κ1) is 14.1. The molecule has 0 saturated heterocycles. The van der Waals surface area contributed by atoms with E-state index >= 15 is 0 Å². The van der Waals surface area contributed by atoms with Gasteiger partial charge in [-0.1, -0.05) is 19.8 Å². The van der Waals surface area contributed by atoms with Gasteiger partial charge in [0.1, 0.15) is 5.69 Å². The van der Waals surface area contributed by atoms with Gasteiger partial charge in [0.25, 0.3) is 5.56 Å². The average Bonchev–Trinajstić information content (AvgIpc) is 2.77. The number of rotatable bonds is 4. The molecule has 5 heteroatoms. The van der Waals surface area contributed by atoms with Crippen LogP contribution in [0.2, 0.25) is 0 Å². The average molecular weight is 340 g/mol. The molecular weight excluding hydrogens is 318 g/mol. The molecule has 1 aromatic heterocycles. The third-order valence-electron chi connectivity index (χ3n) is 4.84. The molecular formula is C15H22BrN3O. The van der Waals surface area contributed by atoms with Crippen LogP contribution in [-0.4, -0.2) is 15.8 Å². The summed E-state index contributed by atoms with van der Waals surface area (Å²) in [5.74, 6) is 1.27. The van der Waals surface area contributed by atoms with Gasteiger partial charge in [-0.05, 0) is 53.4 Å². The van der Waals surface area contributed by atoms with Crippen molar-refractivity contribution in [3.05, 3.63) is 21.0 Å². The Balaban J connectivity index is 1.81. The summed E-state index contributed by atoms with van der Waals surface area (Å²) in [4.78, 5) is 12.6. The lowest BCUT2D eigenvalue weighted by Crippen LogP contribution is -2.33. The van der Waals surface area contributed by atoms with Gasteiger partial charge in [-0.25, -0.2) is 4.68 Å². The Labute approximate surface area is 128 Å². The summed E-state index contributed by atoms with van der Waals surface area (Å²) >= 11 is 3.47. The maximum atomic E-state index is 12.6. The first-order valence-electron chi connectivity index (χ1n) is 7.67. The van der Waals surface area contributed by atoms with E-state index in [9.17, 15) is 4.79 Å². The smallest absolute Gasteiger partial charge is 0.291 e. The minimum absolute atomic E-state index is 0.0189. The lowest BCUT2D eigenvalue weighted by atomic mass is 9.85. The van der Waals surface area contributed by atoms with Crippen LogP contribution >= 0.6 is 15.9 Å². The molecule has 1 N–H and O–H groups in total. The van der Waals surface area contributed by atoms with Crippen molar-refractivity contribution in [3.8, 4) is 0 Å². The molecule has 0 aliphatic heterocycles. The zero-order chi connectivity index (χ0) is 14.1. The summed E-state index contributed by atoms with van der Waals surface area (Å²) in [6.45, 7) is 3.02. The third kappa shape index (κ3) is 2.78. The molecule has 110 valence electrons. The van der Waals surface area contributed by atoms with Crippen LogP contribution in [0.3, 0.4) is 0 Å². The Bertz CT molecular complexity index is 538. The van der Waals surface area contributed by atoms with E-state index in [0.29, 0.717) is 23.6 Å². The number of halogens is 1. The van der Waals surface area contributed by atoms with Gasteiger partial charge in [0.2, 0.25) is 0 Å². The van der Waals surface area contributed by atoms with Gasteiger partial charge < -0.3 is 5.32 Å². The highest BCUT2D eigenvalue weighted by Crippen LogP contribution is 2.30. The molecule has 0 bridgehead atoms. The number of anilines is 1. The second-order valence-electron chi connectivity index (χ2n) is 6.31. The summed E-state index contributed by atoms with van der Waals surface area (Å²) in [6, 6.07) is 0.415. The maximum absolute atomic E-state index is 12.6. The molecule has 0 radical (unpaired) electrons. The number of nitrogens with zero attached hydrogens (tertiary/aromatic N) is 2. The summed E-state index contributed by atoms with van der Waals surface area (Å²) < 4.78 is 2.42. The highest BCUT2D eigenvalue weighted by Gasteiger charge is 2.25. The molecule has 2 saturated carbocycles. The number of hydrogen-bond acceptors (Lipinski definition) is 3. The van der Waals surface area contributed by atoms with Crippen molar-refractivity contribution < 1.29 is 0 Å². The van der Waals surface area contributed by atoms with Crippen molar-refractivity contribution in [1.82, 2.24) is 9.78 Å². The summed E-state index contributed by atoms with van der Waals surface area (Å²) in [5, 5.41) is 7.73. The van der Waals surface area contributed by atoms with E-state index in [0.717, 1.165) is 17.4 Å². The van der Waals surface area contributed by atoms with Crippen molar-refractivity contribution in [2.24, 2.45) is 11.8 Å². The lowest BCUT2D eigenvalue weighted by Gasteiger charge is -2.26. The Kier molecular flexibility index (Phi) is 4.15. The highest BCUT2D eigenvalue weighted by molar-refractivity contribution is 9.10. The molecule has 20 heavy (non-hydrogen) atoms. The van der Waals surface area contributed by atoms with Crippen molar-refractivity contribution in [3.63, 3.8) is 0 Å². The van der Waals surface area contributed by atoms with Crippen LogP contribution in [0.4, 0.5) is 5.69 Å². The summed E-state index contributed by atoms with van der Waals surface area (Å²) in [6.07, 6.45) is 9.15. The van der Waals surface area contributed by atoms with Gasteiger partial charge in [-0.3, -0.25) is 4.79 Å². The van der Waals surface area contributed by atoms with Gasteiger partial charge >= 0.3 is 0 Å². The summed E-state index contributed by atoms with van der Waals surface area (Å²) in [7, 11) is 0. The Morgan fingerprint density at radius 1 is 1.35 bits per heavy atom. The predicted molar refractivity (Wildman–Crippen MR) is 84.0 cm³/mol. The SMILES string of the molecule is CC1CCCC1Nc1c(Br)cnn(CC2CCC2)c1=O. The number of hydrogen-bond donors (Lipinski definition) is 1. The van der Waals surface area contributed by atoms with Crippen LogP contribution in [0.25, 0.3) is 0 Å². The van der Waals surface area contributed by atoms with Crippen LogP contribution in [0, 0.1) is 11.8 Å². The van der Waals surface area contributed by atoms with E-state index in [2.05, 4.69) is 33.3 Å². The van der Waals surface area contributed by atoms with E-state index < -0.39 is 0 Å². The van der Waals surface area contributed by atoms with Crippen LogP contribution in [0.5, 0.6) is 0 Å². The van der Waals surface area contributed by atoms with Crippen LogP contribution in [0.15, 0.2) is 15.5 Å². The van der Waals surface area contributed by atoms with Crippen molar-refractivity contribution >= 4 is 21.6 Å². The second-order valence-corrected chi connectivity index (χ2v) is 7.17. The molecule has 2 unspecified atom stereocenters. The molecule has 2 fully saturated rings. The second kappa shape index (κ2) is 5.88. The monoisotopic (exact) mass is 339 g/mol. The molecule has 0 amide bonds. The van der Waals surface area contributed by atoms with E-state index in [1.54, 1.807) is 10.9 Å². The predicted octanol–water partition coefficient (Wildman–Crippen LogP) is 3.41. The first-order chi connectivity index (χ1) is 9.65. The fourth-order valence-corrected chi connectivity index (χ4v) is 3.57. The lowest BCUT2D eigenvalue weighted by molar-refractivity contribution is 0.262. The largest absolute Gasteiger partial charge is 0.377 e. The molecule has 2 aliphatic rings. The van der Waals surface area contributed by atoms with Crippen LogP contribution in [0.1, 0.15) is 45.4 Å². The molecule has 2 atom stereocenters. The maximum Gasteiger partial charge on any atom is 0.291 e. The number of nitrogens with one attached hydrogen (secondary N) is 1. The molecule has 2 aliphatic carbocycles. The highest BCUT2D eigenvalue weighted by atomic mass is 79.9. The van der Waals surface area contributed by atoms with Crippen LogP contribution in [-0.2, 0) is 6.54 Å². The zero-order valence-electron chi connectivity index (χ0n) is 11.9. The minimum Gasteiger partial charge on any atom is -0.377 e. The van der Waals surface area contributed by atoms with Crippen molar-refractivity contribution in [2.45, 2.75) is 58.0 Å². The molecule has 1 aromatic rings. The van der Waals surface area contributed by atoms with Crippen molar-refractivity contribution in [1.29, 1.82) is 0 Å². The van der Waals surface area contributed by atoms with Gasteiger partial charge in [0.05, 0.1) is 10.7 Å². The first-order valence-corrected chi connectivity index (χ1v) is 8.46. The van der Waals surface area contributed by atoms with Crippen molar-refractivity contribution in [2.75, 3.05) is 5.32 Å². The van der Waals surface area contributed by atoms with Gasteiger partial charge in [-0.15, -0.1) is 0 Å². The Morgan fingerprint density at radius 2 is 2.10 bits per heavy atom. The Hall–Kier alpha value is -0.840. The van der Waals surface area contributed by atoms with Gasteiger partial charge in [0.15, 0.2) is 0 Å². The minimum atomic E-state index is 0.0189. The Morgan fingerprint density at radius 3 is 2.70 bits per heavy atom. The zero-order valence-corrected chi connectivity index (χ0v) is 13.5. The molecule has 1 heterocycles. The van der Waals surface area contributed by atoms with Gasteiger partial charge in [0, 0.05) is 12.6 Å². The molecule has 0 aromatic carbocycles. The van der Waals surface area contributed by atoms with Crippen LogP contribution < -0.4 is 10.9 Å². The summed E-state index contributed by atoms with van der Waals surface area (Å²) in [5.41, 5.74) is 0.712. The molecule has 0 spiro atoms. The third-order valence-corrected chi connectivity index (χ3v) is 5.45. The quantitative estimate of drug-likeness (QED) is 0.914. The van der Waals surface area contributed by atoms with E-state index in [4.69, 9.17) is 0 Å². The number of aromatic nitrogens is 2. The van der Waals surface area contributed by atoms with E-state index in [1.807, 2.05) is 0 Å². The normalized spacial score (nSPS) is 26.5. The molecule has 3 rings (SSSR count). The molecule has 4 nitrogen and oxygen atoms in total.